The lowest BCUT2D eigenvalue weighted by Crippen LogP contribution is -2.17. The van der Waals surface area contributed by atoms with Crippen molar-refractivity contribution in [3.63, 3.8) is 0 Å². The Morgan fingerprint density at radius 1 is 1.29 bits per heavy atom. The van der Waals surface area contributed by atoms with E-state index in [2.05, 4.69) is 0 Å². The summed E-state index contributed by atoms with van der Waals surface area (Å²) in [5.41, 5.74) is 14.2. The molecule has 0 fully saturated rings. The monoisotopic (exact) mass is 228 g/mol. The van der Waals surface area contributed by atoms with Gasteiger partial charge in [-0.15, -0.1) is 0 Å². The predicted molar refractivity (Wildman–Crippen MR) is 66.6 cm³/mol. The van der Waals surface area contributed by atoms with Crippen molar-refractivity contribution in [3.05, 3.63) is 35.4 Å². The Kier molecular flexibility index (Phi) is 1.84. The second-order valence-corrected chi connectivity index (χ2v) is 4.24. The van der Waals surface area contributed by atoms with Crippen molar-refractivity contribution in [2.45, 2.75) is 13.0 Å². The number of hydrogen-bond donors (Lipinski definition) is 2. The van der Waals surface area contributed by atoms with Crippen LogP contribution in [0.2, 0.25) is 0 Å². The van der Waals surface area contributed by atoms with Gasteiger partial charge in [-0.2, -0.15) is 0 Å². The SMILES string of the molecule is CC1OC(=O)c2cc(N)c(N)c3cccc1c23. The normalized spacial score (nSPS) is 18.2. The molecule has 1 aliphatic rings. The molecule has 3 rings (SSSR count). The van der Waals surface area contributed by atoms with Gasteiger partial charge >= 0.3 is 5.97 Å². The maximum Gasteiger partial charge on any atom is 0.339 e. The van der Waals surface area contributed by atoms with E-state index < -0.39 is 0 Å². The zero-order valence-electron chi connectivity index (χ0n) is 9.36. The van der Waals surface area contributed by atoms with E-state index in [0.717, 1.165) is 16.3 Å². The molecule has 2 aromatic carbocycles. The van der Waals surface area contributed by atoms with Crippen LogP contribution in [0.3, 0.4) is 0 Å². The summed E-state index contributed by atoms with van der Waals surface area (Å²) in [7, 11) is 0. The van der Waals surface area contributed by atoms with Gasteiger partial charge in [0, 0.05) is 16.3 Å². The Morgan fingerprint density at radius 2 is 2.06 bits per heavy atom. The Hall–Kier alpha value is -2.23. The molecule has 0 spiro atoms. The minimum absolute atomic E-state index is 0.248. The molecule has 0 aliphatic carbocycles. The van der Waals surface area contributed by atoms with Crippen molar-refractivity contribution in [1.29, 1.82) is 0 Å². The first-order valence-corrected chi connectivity index (χ1v) is 5.41. The van der Waals surface area contributed by atoms with Crippen molar-refractivity contribution >= 4 is 28.1 Å². The Labute approximate surface area is 98.2 Å². The van der Waals surface area contributed by atoms with Gasteiger partial charge in [0.05, 0.1) is 16.9 Å². The highest BCUT2D eigenvalue weighted by Gasteiger charge is 2.27. The molecule has 1 aliphatic heterocycles. The first-order valence-electron chi connectivity index (χ1n) is 5.41. The van der Waals surface area contributed by atoms with E-state index in [4.69, 9.17) is 16.2 Å². The van der Waals surface area contributed by atoms with Crippen LogP contribution in [-0.4, -0.2) is 5.97 Å². The van der Waals surface area contributed by atoms with Crippen LogP contribution in [0.4, 0.5) is 11.4 Å². The minimum Gasteiger partial charge on any atom is -0.454 e. The molecule has 0 saturated heterocycles. The first-order chi connectivity index (χ1) is 8.09. The first kappa shape index (κ1) is 9.96. The van der Waals surface area contributed by atoms with Gasteiger partial charge < -0.3 is 16.2 Å². The number of hydrogen-bond acceptors (Lipinski definition) is 4. The quantitative estimate of drug-likeness (QED) is 0.535. The Morgan fingerprint density at radius 3 is 2.82 bits per heavy atom. The van der Waals surface area contributed by atoms with Gasteiger partial charge in [-0.3, -0.25) is 0 Å². The number of nitrogens with two attached hydrogens (primary N) is 2. The lowest BCUT2D eigenvalue weighted by atomic mass is 9.92. The van der Waals surface area contributed by atoms with Crippen LogP contribution >= 0.6 is 0 Å². The second-order valence-electron chi connectivity index (χ2n) is 4.24. The summed E-state index contributed by atoms with van der Waals surface area (Å²) < 4.78 is 5.26. The van der Waals surface area contributed by atoms with Gasteiger partial charge in [-0.25, -0.2) is 4.79 Å². The number of anilines is 2. The number of ether oxygens (including phenoxy) is 1. The highest BCUT2D eigenvalue weighted by Crippen LogP contribution is 2.39. The molecule has 2 aromatic rings. The fourth-order valence-corrected chi connectivity index (χ4v) is 2.34. The highest BCUT2D eigenvalue weighted by atomic mass is 16.5. The molecule has 1 atom stereocenters. The van der Waals surface area contributed by atoms with Crippen LogP contribution in [0.25, 0.3) is 10.8 Å². The summed E-state index contributed by atoms with van der Waals surface area (Å²) in [5, 5.41) is 1.68. The van der Waals surface area contributed by atoms with Crippen LogP contribution in [0.15, 0.2) is 24.3 Å². The number of benzene rings is 2. The van der Waals surface area contributed by atoms with Crippen LogP contribution in [0.1, 0.15) is 28.9 Å². The summed E-state index contributed by atoms with van der Waals surface area (Å²) >= 11 is 0. The largest absolute Gasteiger partial charge is 0.454 e. The third-order valence-electron chi connectivity index (χ3n) is 3.21. The van der Waals surface area contributed by atoms with Gasteiger partial charge in [0.2, 0.25) is 0 Å². The van der Waals surface area contributed by atoms with Gasteiger partial charge in [-0.1, -0.05) is 18.2 Å². The number of carbonyl (C=O) groups is 1. The van der Waals surface area contributed by atoms with Gasteiger partial charge in [0.1, 0.15) is 6.10 Å². The lowest BCUT2D eigenvalue weighted by Gasteiger charge is -2.24. The summed E-state index contributed by atoms with van der Waals surface area (Å²) in [6.45, 7) is 1.85. The summed E-state index contributed by atoms with van der Waals surface area (Å²) in [4.78, 5) is 11.8. The van der Waals surface area contributed by atoms with E-state index in [1.807, 2.05) is 25.1 Å². The standard InChI is InChI=1S/C13H12N2O2/c1-6-7-3-2-4-8-11(7)9(13(16)17-6)5-10(14)12(8)15/h2-6H,14-15H2,1H3. The Balaban J connectivity index is 2.55. The summed E-state index contributed by atoms with van der Waals surface area (Å²) in [6.07, 6.45) is -0.248. The molecule has 0 aromatic heterocycles. The number of esters is 1. The van der Waals surface area contributed by atoms with Crippen LogP contribution in [0.5, 0.6) is 0 Å². The number of carbonyl (C=O) groups excluding carboxylic acids is 1. The number of cyclic esters (lactones) is 1. The third kappa shape index (κ3) is 1.21. The molecular weight excluding hydrogens is 216 g/mol. The average molecular weight is 228 g/mol. The van der Waals surface area contributed by atoms with Crippen LogP contribution < -0.4 is 11.5 Å². The van der Waals surface area contributed by atoms with Crippen molar-refractivity contribution in [3.8, 4) is 0 Å². The third-order valence-corrected chi connectivity index (χ3v) is 3.21. The molecule has 0 radical (unpaired) electrons. The molecule has 4 nitrogen and oxygen atoms in total. The maximum atomic E-state index is 11.8. The van der Waals surface area contributed by atoms with Gasteiger partial charge in [0.15, 0.2) is 0 Å². The maximum absolute atomic E-state index is 11.8. The molecule has 1 unspecified atom stereocenters. The molecule has 0 amide bonds. The number of nitrogen functional groups attached to an aromatic ring is 2. The Bertz CT molecular complexity index is 649. The lowest BCUT2D eigenvalue weighted by molar-refractivity contribution is 0.0325. The molecule has 4 heteroatoms. The van der Waals surface area contributed by atoms with Gasteiger partial charge in [0.25, 0.3) is 0 Å². The fraction of sp³-hybridized carbons (Fsp3) is 0.154. The number of rotatable bonds is 0. The summed E-state index contributed by atoms with van der Waals surface area (Å²) in [5.74, 6) is -0.340. The molecule has 86 valence electrons. The van der Waals surface area contributed by atoms with Crippen molar-refractivity contribution in [2.24, 2.45) is 0 Å². The van der Waals surface area contributed by atoms with E-state index in [1.165, 1.54) is 0 Å². The van der Waals surface area contributed by atoms with E-state index in [1.54, 1.807) is 6.07 Å². The average Bonchev–Trinajstić information content (AvgIpc) is 2.31. The topological polar surface area (TPSA) is 78.3 Å². The van der Waals surface area contributed by atoms with E-state index in [-0.39, 0.29) is 12.1 Å². The van der Waals surface area contributed by atoms with Crippen LogP contribution in [-0.2, 0) is 4.74 Å². The van der Waals surface area contributed by atoms with Crippen LogP contribution in [0, 0.1) is 0 Å². The van der Waals surface area contributed by atoms with Crippen molar-refractivity contribution < 1.29 is 9.53 Å². The van der Waals surface area contributed by atoms with E-state index in [0.29, 0.717) is 16.9 Å². The zero-order chi connectivity index (χ0) is 12.2. The smallest absolute Gasteiger partial charge is 0.339 e. The fourth-order valence-electron chi connectivity index (χ4n) is 2.34. The second kappa shape index (κ2) is 3.13. The molecule has 0 saturated carbocycles. The van der Waals surface area contributed by atoms with Gasteiger partial charge in [-0.05, 0) is 13.0 Å². The molecular formula is C13H12N2O2. The van der Waals surface area contributed by atoms with E-state index in [9.17, 15) is 4.79 Å². The molecule has 1 heterocycles. The predicted octanol–water partition coefficient (Wildman–Crippen LogP) is 2.24. The molecule has 0 bridgehead atoms. The zero-order valence-corrected chi connectivity index (χ0v) is 9.36. The van der Waals surface area contributed by atoms with Crippen molar-refractivity contribution in [2.75, 3.05) is 11.5 Å². The summed E-state index contributed by atoms with van der Waals surface area (Å²) in [6, 6.07) is 7.31. The molecule has 17 heavy (non-hydrogen) atoms. The van der Waals surface area contributed by atoms with Crippen molar-refractivity contribution in [1.82, 2.24) is 0 Å². The molecule has 4 N–H and O–H groups in total. The van der Waals surface area contributed by atoms with E-state index >= 15 is 0 Å². The minimum atomic E-state index is -0.340. The highest BCUT2D eigenvalue weighted by molar-refractivity contribution is 6.13.